The Kier molecular flexibility index (Phi) is 4.37. The number of aromatic nitrogens is 1. The second-order valence-corrected chi connectivity index (χ2v) is 6.76. The molecule has 0 aliphatic carbocycles. The monoisotopic (exact) mass is 329 g/mol. The summed E-state index contributed by atoms with van der Waals surface area (Å²) in [5.41, 5.74) is 0.499. The molecule has 0 bridgehead atoms. The van der Waals surface area contributed by atoms with Crippen LogP contribution in [0, 0.1) is 0 Å². The lowest BCUT2D eigenvalue weighted by Gasteiger charge is -2.15. The standard InChI is InChI=1S/C14H13Cl2NO2S/c1-14(2,13(18)19)11-7-20-12(17-11)5-8-3-4-9(15)6-10(8)16/h3-4,6-7H,5H2,1-2H3,(H,18,19). The van der Waals surface area contributed by atoms with E-state index in [2.05, 4.69) is 4.98 Å². The van der Waals surface area contributed by atoms with Gasteiger partial charge in [-0.05, 0) is 31.5 Å². The average molecular weight is 330 g/mol. The number of halogens is 2. The van der Waals surface area contributed by atoms with Crippen molar-refractivity contribution in [3.63, 3.8) is 0 Å². The van der Waals surface area contributed by atoms with Crippen LogP contribution in [0.25, 0.3) is 0 Å². The average Bonchev–Trinajstić information content (AvgIpc) is 2.81. The fraction of sp³-hybridized carbons (Fsp3) is 0.286. The molecule has 0 spiro atoms. The molecule has 0 amide bonds. The lowest BCUT2D eigenvalue weighted by Crippen LogP contribution is -2.28. The third-order valence-corrected chi connectivity index (χ3v) is 4.52. The normalized spacial score (nSPS) is 11.6. The van der Waals surface area contributed by atoms with Gasteiger partial charge in [-0.25, -0.2) is 4.98 Å². The fourth-order valence-electron chi connectivity index (χ4n) is 1.62. The van der Waals surface area contributed by atoms with Crippen LogP contribution in [0.1, 0.15) is 30.1 Å². The molecule has 1 aromatic carbocycles. The number of carboxylic acid groups (broad SMARTS) is 1. The minimum absolute atomic E-state index is 0.565. The Morgan fingerprint density at radius 2 is 2.10 bits per heavy atom. The van der Waals surface area contributed by atoms with Crippen molar-refractivity contribution in [1.29, 1.82) is 0 Å². The van der Waals surface area contributed by atoms with Crippen molar-refractivity contribution in [3.8, 4) is 0 Å². The van der Waals surface area contributed by atoms with Crippen LogP contribution in [-0.4, -0.2) is 16.1 Å². The smallest absolute Gasteiger partial charge is 0.315 e. The Balaban J connectivity index is 2.24. The molecule has 2 aromatic rings. The maximum absolute atomic E-state index is 11.2. The van der Waals surface area contributed by atoms with E-state index >= 15 is 0 Å². The summed E-state index contributed by atoms with van der Waals surface area (Å²) in [7, 11) is 0. The van der Waals surface area contributed by atoms with E-state index in [1.165, 1.54) is 11.3 Å². The van der Waals surface area contributed by atoms with Gasteiger partial charge in [-0.2, -0.15) is 0 Å². The largest absolute Gasteiger partial charge is 0.481 e. The van der Waals surface area contributed by atoms with E-state index in [1.807, 2.05) is 6.07 Å². The maximum Gasteiger partial charge on any atom is 0.315 e. The molecule has 1 aromatic heterocycles. The molecular weight excluding hydrogens is 317 g/mol. The van der Waals surface area contributed by atoms with Crippen molar-refractivity contribution in [1.82, 2.24) is 4.98 Å². The molecule has 106 valence electrons. The molecule has 0 aliphatic rings. The van der Waals surface area contributed by atoms with Crippen molar-refractivity contribution in [3.05, 3.63) is 49.9 Å². The highest BCUT2D eigenvalue weighted by Gasteiger charge is 2.32. The van der Waals surface area contributed by atoms with E-state index in [-0.39, 0.29) is 0 Å². The predicted molar refractivity (Wildman–Crippen MR) is 82.0 cm³/mol. The number of rotatable bonds is 4. The number of aliphatic carboxylic acids is 1. The molecule has 2 rings (SSSR count). The molecule has 0 unspecified atom stereocenters. The summed E-state index contributed by atoms with van der Waals surface area (Å²) in [6.07, 6.45) is 0.566. The number of carboxylic acids is 1. The Morgan fingerprint density at radius 1 is 1.40 bits per heavy atom. The number of benzene rings is 1. The molecule has 20 heavy (non-hydrogen) atoms. The first-order chi connectivity index (χ1) is 9.30. The quantitative estimate of drug-likeness (QED) is 0.904. The van der Waals surface area contributed by atoms with Gasteiger partial charge in [0.05, 0.1) is 10.7 Å². The van der Waals surface area contributed by atoms with Crippen LogP contribution in [0.4, 0.5) is 0 Å². The van der Waals surface area contributed by atoms with Crippen molar-refractivity contribution in [2.75, 3.05) is 0 Å². The van der Waals surface area contributed by atoms with Crippen molar-refractivity contribution in [2.24, 2.45) is 0 Å². The molecule has 1 heterocycles. The highest BCUT2D eigenvalue weighted by atomic mass is 35.5. The predicted octanol–water partition coefficient (Wildman–Crippen LogP) is 4.40. The summed E-state index contributed by atoms with van der Waals surface area (Å²) in [5.74, 6) is -0.890. The van der Waals surface area contributed by atoms with E-state index in [0.29, 0.717) is 22.2 Å². The number of nitrogens with zero attached hydrogens (tertiary/aromatic N) is 1. The molecule has 3 nitrogen and oxygen atoms in total. The second kappa shape index (κ2) is 5.72. The number of carbonyl (C=O) groups is 1. The molecule has 0 saturated carbocycles. The minimum Gasteiger partial charge on any atom is -0.481 e. The van der Waals surface area contributed by atoms with Crippen molar-refractivity contribution >= 4 is 40.5 Å². The zero-order chi connectivity index (χ0) is 14.9. The molecule has 1 N–H and O–H groups in total. The third-order valence-electron chi connectivity index (χ3n) is 3.08. The molecule has 0 saturated heterocycles. The minimum atomic E-state index is -0.988. The van der Waals surface area contributed by atoms with Crippen LogP contribution in [0.5, 0.6) is 0 Å². The van der Waals surface area contributed by atoms with Gasteiger partial charge < -0.3 is 5.11 Å². The van der Waals surface area contributed by atoms with Gasteiger partial charge in [0.25, 0.3) is 0 Å². The summed E-state index contributed by atoms with van der Waals surface area (Å²) < 4.78 is 0. The summed E-state index contributed by atoms with van der Waals surface area (Å²) in [6.45, 7) is 3.28. The first-order valence-corrected chi connectivity index (χ1v) is 7.56. The molecule has 0 atom stereocenters. The van der Waals surface area contributed by atoms with Crippen LogP contribution in [0.2, 0.25) is 10.0 Å². The lowest BCUT2D eigenvalue weighted by molar-refractivity contribution is -0.142. The Morgan fingerprint density at radius 3 is 2.70 bits per heavy atom. The van der Waals surface area contributed by atoms with E-state index in [4.69, 9.17) is 23.2 Å². The van der Waals surface area contributed by atoms with Gasteiger partial charge in [0.2, 0.25) is 0 Å². The zero-order valence-corrected chi connectivity index (χ0v) is 13.3. The number of hydrogen-bond acceptors (Lipinski definition) is 3. The van der Waals surface area contributed by atoms with E-state index in [1.54, 1.807) is 31.4 Å². The SMILES string of the molecule is CC(C)(C(=O)O)c1csc(Cc2ccc(Cl)cc2Cl)n1. The first-order valence-electron chi connectivity index (χ1n) is 5.93. The van der Waals surface area contributed by atoms with Gasteiger partial charge in [0.1, 0.15) is 5.41 Å². The third kappa shape index (κ3) is 3.14. The van der Waals surface area contributed by atoms with Crippen molar-refractivity contribution in [2.45, 2.75) is 25.7 Å². The first kappa shape index (κ1) is 15.3. The van der Waals surface area contributed by atoms with E-state index in [0.717, 1.165) is 10.6 Å². The van der Waals surface area contributed by atoms with Crippen LogP contribution in [-0.2, 0) is 16.6 Å². The molecule has 0 radical (unpaired) electrons. The lowest BCUT2D eigenvalue weighted by atomic mass is 9.90. The second-order valence-electron chi connectivity index (χ2n) is 4.97. The number of thiazole rings is 1. The van der Waals surface area contributed by atoms with Crippen LogP contribution < -0.4 is 0 Å². The summed E-state index contributed by atoms with van der Waals surface area (Å²) in [5, 5.41) is 13.0. The summed E-state index contributed by atoms with van der Waals surface area (Å²) >= 11 is 13.4. The Bertz CT molecular complexity index is 652. The molecule has 0 fully saturated rings. The number of hydrogen-bond donors (Lipinski definition) is 1. The van der Waals surface area contributed by atoms with Crippen LogP contribution in [0.3, 0.4) is 0 Å². The topological polar surface area (TPSA) is 50.2 Å². The van der Waals surface area contributed by atoms with Gasteiger partial charge in [-0.15, -0.1) is 11.3 Å². The van der Waals surface area contributed by atoms with Gasteiger partial charge in [0.15, 0.2) is 0 Å². The molecule has 6 heteroatoms. The summed E-state index contributed by atoms with van der Waals surface area (Å²) in [4.78, 5) is 15.6. The van der Waals surface area contributed by atoms with Crippen LogP contribution in [0.15, 0.2) is 23.6 Å². The van der Waals surface area contributed by atoms with Crippen LogP contribution >= 0.6 is 34.5 Å². The van der Waals surface area contributed by atoms with Gasteiger partial charge in [0, 0.05) is 21.8 Å². The zero-order valence-electron chi connectivity index (χ0n) is 11.0. The Hall–Kier alpha value is -1.10. The van der Waals surface area contributed by atoms with Gasteiger partial charge in [-0.3, -0.25) is 4.79 Å². The maximum atomic E-state index is 11.2. The van der Waals surface area contributed by atoms with Crippen molar-refractivity contribution < 1.29 is 9.90 Å². The molecule has 0 aliphatic heterocycles. The van der Waals surface area contributed by atoms with Gasteiger partial charge >= 0.3 is 5.97 Å². The highest BCUT2D eigenvalue weighted by molar-refractivity contribution is 7.09. The highest BCUT2D eigenvalue weighted by Crippen LogP contribution is 2.28. The fourth-order valence-corrected chi connectivity index (χ4v) is 3.08. The van der Waals surface area contributed by atoms with E-state index < -0.39 is 11.4 Å². The van der Waals surface area contributed by atoms with E-state index in [9.17, 15) is 9.90 Å². The summed E-state index contributed by atoms with van der Waals surface area (Å²) in [6, 6.07) is 5.32. The molecular formula is C14H13Cl2NO2S. The Labute approximate surface area is 131 Å². The van der Waals surface area contributed by atoms with Gasteiger partial charge in [-0.1, -0.05) is 29.3 Å².